The first-order valence-electron chi connectivity index (χ1n) is 6.87. The van der Waals surface area contributed by atoms with E-state index < -0.39 is 0 Å². The number of nitrogens with one attached hydrogen (secondary N) is 1. The summed E-state index contributed by atoms with van der Waals surface area (Å²) in [4.78, 5) is 14.1. The van der Waals surface area contributed by atoms with Gasteiger partial charge in [0.2, 0.25) is 0 Å². The Bertz CT molecular complexity index is 566. The first-order chi connectivity index (χ1) is 9.72. The van der Waals surface area contributed by atoms with Gasteiger partial charge in [-0.2, -0.15) is 0 Å². The second-order valence-electron chi connectivity index (χ2n) is 4.69. The molecule has 0 aliphatic rings. The Morgan fingerprint density at radius 3 is 2.35 bits per heavy atom. The van der Waals surface area contributed by atoms with E-state index in [9.17, 15) is 4.79 Å². The first kappa shape index (κ1) is 14.1. The Morgan fingerprint density at radius 2 is 1.70 bits per heavy atom. The van der Waals surface area contributed by atoms with Crippen LogP contribution in [0.3, 0.4) is 0 Å². The number of amides is 2. The third-order valence-electron chi connectivity index (χ3n) is 3.16. The van der Waals surface area contributed by atoms with E-state index in [0.717, 1.165) is 16.8 Å². The molecular weight excluding hydrogens is 248 g/mol. The summed E-state index contributed by atoms with van der Waals surface area (Å²) in [7, 11) is 0. The highest BCUT2D eigenvalue weighted by Gasteiger charge is 2.16. The van der Waals surface area contributed by atoms with E-state index in [4.69, 9.17) is 0 Å². The number of rotatable bonds is 4. The van der Waals surface area contributed by atoms with Crippen LogP contribution in [0, 0.1) is 6.92 Å². The fourth-order valence-electron chi connectivity index (χ4n) is 2.15. The molecule has 0 radical (unpaired) electrons. The second kappa shape index (κ2) is 6.75. The first-order valence-corrected chi connectivity index (χ1v) is 6.87. The van der Waals surface area contributed by atoms with Gasteiger partial charge < -0.3 is 5.32 Å². The van der Waals surface area contributed by atoms with Gasteiger partial charge in [-0.15, -0.1) is 0 Å². The maximum absolute atomic E-state index is 12.3. The number of carbonyl (C=O) groups excluding carboxylic acids is 1. The van der Waals surface area contributed by atoms with Gasteiger partial charge in [0.05, 0.1) is 6.54 Å². The zero-order valence-corrected chi connectivity index (χ0v) is 12.0. The van der Waals surface area contributed by atoms with Crippen LogP contribution in [0.4, 0.5) is 10.5 Å². The van der Waals surface area contributed by atoms with Gasteiger partial charge in [0, 0.05) is 12.2 Å². The van der Waals surface area contributed by atoms with Crippen LogP contribution in [0.15, 0.2) is 54.6 Å². The summed E-state index contributed by atoms with van der Waals surface area (Å²) in [6.45, 7) is 5.14. The number of aryl methyl sites for hydroxylation is 1. The molecule has 0 unspecified atom stereocenters. The summed E-state index contributed by atoms with van der Waals surface area (Å²) in [5.41, 5.74) is 3.15. The van der Waals surface area contributed by atoms with E-state index in [1.165, 1.54) is 0 Å². The Kier molecular flexibility index (Phi) is 4.77. The average Bonchev–Trinajstić information content (AvgIpc) is 2.47. The normalized spacial score (nSPS) is 10.1. The SMILES string of the molecule is CCNC(=O)N(Cc1ccccc1)c1ccccc1C. The molecule has 0 atom stereocenters. The molecular formula is C17H20N2O. The van der Waals surface area contributed by atoms with Gasteiger partial charge >= 0.3 is 6.03 Å². The van der Waals surface area contributed by atoms with E-state index in [0.29, 0.717) is 13.1 Å². The van der Waals surface area contributed by atoms with Crippen molar-refractivity contribution in [2.45, 2.75) is 20.4 Å². The average molecular weight is 268 g/mol. The predicted molar refractivity (Wildman–Crippen MR) is 82.9 cm³/mol. The predicted octanol–water partition coefficient (Wildman–Crippen LogP) is 3.73. The van der Waals surface area contributed by atoms with Crippen molar-refractivity contribution < 1.29 is 4.79 Å². The molecule has 104 valence electrons. The summed E-state index contributed by atoms with van der Waals surface area (Å²) >= 11 is 0. The van der Waals surface area contributed by atoms with Gasteiger partial charge in [-0.25, -0.2) is 4.79 Å². The van der Waals surface area contributed by atoms with Crippen LogP contribution in [0.25, 0.3) is 0 Å². The molecule has 0 heterocycles. The van der Waals surface area contributed by atoms with Gasteiger partial charge in [0.15, 0.2) is 0 Å². The highest BCUT2D eigenvalue weighted by atomic mass is 16.2. The van der Waals surface area contributed by atoms with E-state index in [-0.39, 0.29) is 6.03 Å². The minimum Gasteiger partial charge on any atom is -0.338 e. The summed E-state index contributed by atoms with van der Waals surface area (Å²) < 4.78 is 0. The lowest BCUT2D eigenvalue weighted by molar-refractivity contribution is 0.246. The van der Waals surface area contributed by atoms with Crippen molar-refractivity contribution in [2.75, 3.05) is 11.4 Å². The molecule has 0 aliphatic heterocycles. The van der Waals surface area contributed by atoms with Crippen LogP contribution in [-0.2, 0) is 6.54 Å². The molecule has 1 N–H and O–H groups in total. The largest absolute Gasteiger partial charge is 0.338 e. The second-order valence-corrected chi connectivity index (χ2v) is 4.69. The molecule has 2 aromatic rings. The summed E-state index contributed by atoms with van der Waals surface area (Å²) in [6.07, 6.45) is 0. The maximum atomic E-state index is 12.3. The molecule has 0 aliphatic carbocycles. The smallest absolute Gasteiger partial charge is 0.322 e. The van der Waals surface area contributed by atoms with E-state index in [1.807, 2.05) is 68.4 Å². The Hall–Kier alpha value is -2.29. The molecule has 0 aromatic heterocycles. The van der Waals surface area contributed by atoms with Crippen LogP contribution in [-0.4, -0.2) is 12.6 Å². The fraction of sp³-hybridized carbons (Fsp3) is 0.235. The van der Waals surface area contributed by atoms with Crippen molar-refractivity contribution in [2.24, 2.45) is 0 Å². The molecule has 0 bridgehead atoms. The third-order valence-corrected chi connectivity index (χ3v) is 3.16. The zero-order chi connectivity index (χ0) is 14.4. The van der Waals surface area contributed by atoms with Crippen molar-refractivity contribution in [3.05, 3.63) is 65.7 Å². The Labute approximate surface area is 120 Å². The highest BCUT2D eigenvalue weighted by molar-refractivity contribution is 5.92. The lowest BCUT2D eigenvalue weighted by atomic mass is 10.1. The minimum absolute atomic E-state index is 0.0642. The molecule has 0 fully saturated rings. The topological polar surface area (TPSA) is 32.3 Å². The molecule has 0 saturated heterocycles. The Balaban J connectivity index is 2.30. The maximum Gasteiger partial charge on any atom is 0.322 e. The minimum atomic E-state index is -0.0642. The van der Waals surface area contributed by atoms with Crippen LogP contribution in [0.5, 0.6) is 0 Å². The number of urea groups is 1. The number of para-hydroxylation sites is 1. The standard InChI is InChI=1S/C17H20N2O/c1-3-18-17(20)19(13-15-10-5-4-6-11-15)16-12-8-7-9-14(16)2/h4-12H,3,13H2,1-2H3,(H,18,20). The highest BCUT2D eigenvalue weighted by Crippen LogP contribution is 2.21. The summed E-state index contributed by atoms with van der Waals surface area (Å²) in [5.74, 6) is 0. The van der Waals surface area contributed by atoms with Gasteiger partial charge in [-0.1, -0.05) is 48.5 Å². The molecule has 2 rings (SSSR count). The van der Waals surface area contributed by atoms with Crippen molar-refractivity contribution in [3.8, 4) is 0 Å². The molecule has 3 nitrogen and oxygen atoms in total. The molecule has 20 heavy (non-hydrogen) atoms. The van der Waals surface area contributed by atoms with E-state index >= 15 is 0 Å². The van der Waals surface area contributed by atoms with Crippen LogP contribution in [0.2, 0.25) is 0 Å². The van der Waals surface area contributed by atoms with Gasteiger partial charge in [-0.3, -0.25) is 4.90 Å². The molecule has 3 heteroatoms. The van der Waals surface area contributed by atoms with Gasteiger partial charge in [-0.05, 0) is 31.0 Å². The number of nitrogens with zero attached hydrogens (tertiary/aromatic N) is 1. The lowest BCUT2D eigenvalue weighted by Crippen LogP contribution is -2.39. The number of benzene rings is 2. The lowest BCUT2D eigenvalue weighted by Gasteiger charge is -2.24. The van der Waals surface area contributed by atoms with Gasteiger partial charge in [0.1, 0.15) is 0 Å². The molecule has 2 amide bonds. The monoisotopic (exact) mass is 268 g/mol. The summed E-state index contributed by atoms with van der Waals surface area (Å²) in [5, 5.41) is 2.88. The van der Waals surface area contributed by atoms with Crippen LogP contribution < -0.4 is 10.2 Å². The number of hydrogen-bond acceptors (Lipinski definition) is 1. The van der Waals surface area contributed by atoms with Crippen molar-refractivity contribution in [1.29, 1.82) is 0 Å². The quantitative estimate of drug-likeness (QED) is 0.900. The molecule has 0 saturated carbocycles. The fourth-order valence-corrected chi connectivity index (χ4v) is 2.15. The number of anilines is 1. The summed E-state index contributed by atoms with van der Waals surface area (Å²) in [6, 6.07) is 17.9. The van der Waals surface area contributed by atoms with Gasteiger partial charge in [0.25, 0.3) is 0 Å². The number of carbonyl (C=O) groups is 1. The number of hydrogen-bond donors (Lipinski definition) is 1. The van der Waals surface area contributed by atoms with E-state index in [1.54, 1.807) is 4.90 Å². The van der Waals surface area contributed by atoms with Crippen LogP contribution in [0.1, 0.15) is 18.1 Å². The molecule has 0 spiro atoms. The zero-order valence-electron chi connectivity index (χ0n) is 12.0. The Morgan fingerprint density at radius 1 is 1.05 bits per heavy atom. The van der Waals surface area contributed by atoms with Crippen LogP contribution >= 0.6 is 0 Å². The van der Waals surface area contributed by atoms with Crippen molar-refractivity contribution in [3.63, 3.8) is 0 Å². The van der Waals surface area contributed by atoms with E-state index in [2.05, 4.69) is 5.32 Å². The third kappa shape index (κ3) is 3.38. The molecule has 2 aromatic carbocycles. The van der Waals surface area contributed by atoms with Crippen molar-refractivity contribution in [1.82, 2.24) is 5.32 Å². The van der Waals surface area contributed by atoms with Crippen molar-refractivity contribution >= 4 is 11.7 Å².